The summed E-state index contributed by atoms with van der Waals surface area (Å²) in [5.74, 6) is 8.53. The van der Waals surface area contributed by atoms with E-state index in [4.69, 9.17) is 33.8 Å². The zero-order chi connectivity index (χ0) is 14.9. The topological polar surface area (TPSA) is 47.3 Å². The second kappa shape index (κ2) is 6.65. The number of nitrogens with one attached hydrogen (secondary N) is 1. The van der Waals surface area contributed by atoms with E-state index in [2.05, 4.69) is 5.43 Å². The van der Waals surface area contributed by atoms with Gasteiger partial charge in [0.25, 0.3) is 0 Å². The Labute approximate surface area is 139 Å². The first-order valence-corrected chi connectivity index (χ1v) is 9.18. The van der Waals surface area contributed by atoms with Crippen molar-refractivity contribution in [3.05, 3.63) is 33.8 Å². The fraction of sp³-hybridized carbons (Fsp3) is 0.600. The van der Waals surface area contributed by atoms with E-state index in [1.54, 1.807) is 6.07 Å². The van der Waals surface area contributed by atoms with E-state index in [-0.39, 0.29) is 11.6 Å². The molecule has 3 nitrogen and oxygen atoms in total. The molecule has 0 saturated carbocycles. The van der Waals surface area contributed by atoms with Crippen LogP contribution in [0.2, 0.25) is 10.0 Å². The Morgan fingerprint density at radius 3 is 3.00 bits per heavy atom. The van der Waals surface area contributed by atoms with Crippen LogP contribution >= 0.6 is 35.0 Å². The van der Waals surface area contributed by atoms with E-state index in [1.807, 2.05) is 23.9 Å². The largest absolute Gasteiger partial charge is 0.374 e. The van der Waals surface area contributed by atoms with Crippen LogP contribution in [0.5, 0.6) is 0 Å². The van der Waals surface area contributed by atoms with Crippen molar-refractivity contribution in [1.82, 2.24) is 5.43 Å². The lowest BCUT2D eigenvalue weighted by Crippen LogP contribution is -2.45. The van der Waals surface area contributed by atoms with Crippen molar-refractivity contribution in [2.24, 2.45) is 11.8 Å². The molecule has 3 N–H and O–H groups in total. The molecule has 0 aromatic heterocycles. The Hall–Kier alpha value is 0.0300. The van der Waals surface area contributed by atoms with Crippen LogP contribution in [0.15, 0.2) is 18.2 Å². The molecule has 3 rings (SSSR count). The van der Waals surface area contributed by atoms with Crippen molar-refractivity contribution >= 4 is 35.0 Å². The molecule has 0 bridgehead atoms. The molecule has 116 valence electrons. The molecular weight excluding hydrogens is 327 g/mol. The fourth-order valence-electron chi connectivity index (χ4n) is 3.45. The van der Waals surface area contributed by atoms with E-state index in [1.165, 1.54) is 5.75 Å². The van der Waals surface area contributed by atoms with Crippen molar-refractivity contribution in [1.29, 1.82) is 0 Å². The Morgan fingerprint density at radius 2 is 2.29 bits per heavy atom. The third-order valence-corrected chi connectivity index (χ3v) is 6.62. The van der Waals surface area contributed by atoms with Crippen LogP contribution in [-0.2, 0) is 4.74 Å². The molecule has 1 spiro atoms. The molecule has 0 aliphatic carbocycles. The predicted molar refractivity (Wildman–Crippen MR) is 89.9 cm³/mol. The maximum absolute atomic E-state index is 6.37. The van der Waals surface area contributed by atoms with Gasteiger partial charge in [0.15, 0.2) is 0 Å². The van der Waals surface area contributed by atoms with Gasteiger partial charge in [0.2, 0.25) is 0 Å². The first-order chi connectivity index (χ1) is 10.2. The highest BCUT2D eigenvalue weighted by Crippen LogP contribution is 2.45. The minimum atomic E-state index is 0.0163. The van der Waals surface area contributed by atoms with Crippen molar-refractivity contribution in [2.75, 3.05) is 18.1 Å². The van der Waals surface area contributed by atoms with Gasteiger partial charge >= 0.3 is 0 Å². The highest BCUT2D eigenvalue weighted by Gasteiger charge is 2.42. The monoisotopic (exact) mass is 346 g/mol. The standard InChI is InChI=1S/C15H20Cl2N2OS/c16-12-3-1-2-11(13(12)17)14(19-18)10-4-6-20-15(8-10)5-7-21-9-15/h1-3,10,14,19H,4-9,18H2. The van der Waals surface area contributed by atoms with E-state index in [0.717, 1.165) is 37.2 Å². The molecule has 3 unspecified atom stereocenters. The average molecular weight is 347 g/mol. The highest BCUT2D eigenvalue weighted by atomic mass is 35.5. The number of hydrogen-bond donors (Lipinski definition) is 2. The summed E-state index contributed by atoms with van der Waals surface area (Å²) in [5, 5.41) is 1.18. The summed E-state index contributed by atoms with van der Waals surface area (Å²) in [4.78, 5) is 0. The summed E-state index contributed by atoms with van der Waals surface area (Å²) in [7, 11) is 0. The van der Waals surface area contributed by atoms with Gasteiger partial charge < -0.3 is 4.74 Å². The Kier molecular flexibility index (Phi) is 5.04. The zero-order valence-corrected chi connectivity index (χ0v) is 14.1. The lowest BCUT2D eigenvalue weighted by atomic mass is 9.79. The quantitative estimate of drug-likeness (QED) is 0.645. The van der Waals surface area contributed by atoms with Crippen LogP contribution in [0.25, 0.3) is 0 Å². The Morgan fingerprint density at radius 1 is 1.43 bits per heavy atom. The van der Waals surface area contributed by atoms with E-state index in [9.17, 15) is 0 Å². The molecule has 1 aromatic rings. The highest BCUT2D eigenvalue weighted by molar-refractivity contribution is 7.99. The molecule has 0 amide bonds. The van der Waals surface area contributed by atoms with Gasteiger partial charge in [-0.25, -0.2) is 0 Å². The number of hydrazine groups is 1. The van der Waals surface area contributed by atoms with Gasteiger partial charge in [-0.05, 0) is 42.6 Å². The smallest absolute Gasteiger partial charge is 0.0783 e. The molecule has 21 heavy (non-hydrogen) atoms. The minimum absolute atomic E-state index is 0.0163. The lowest BCUT2D eigenvalue weighted by molar-refractivity contribution is -0.0854. The predicted octanol–water partition coefficient (Wildman–Crippen LogP) is 3.80. The number of hydrogen-bond acceptors (Lipinski definition) is 4. The first kappa shape index (κ1) is 15.9. The van der Waals surface area contributed by atoms with Crippen LogP contribution in [0.4, 0.5) is 0 Å². The van der Waals surface area contributed by atoms with Gasteiger partial charge in [-0.1, -0.05) is 35.3 Å². The molecule has 0 radical (unpaired) electrons. The van der Waals surface area contributed by atoms with Crippen LogP contribution in [0, 0.1) is 5.92 Å². The van der Waals surface area contributed by atoms with Gasteiger partial charge in [0.05, 0.1) is 21.7 Å². The SMILES string of the molecule is NNC(c1cccc(Cl)c1Cl)C1CCOC2(CCSC2)C1. The Balaban J connectivity index is 1.84. The number of nitrogens with two attached hydrogens (primary N) is 1. The lowest BCUT2D eigenvalue weighted by Gasteiger charge is -2.41. The zero-order valence-electron chi connectivity index (χ0n) is 11.8. The van der Waals surface area contributed by atoms with Gasteiger partial charge in [-0.3, -0.25) is 11.3 Å². The fourth-order valence-corrected chi connectivity index (χ4v) is 5.26. The summed E-state index contributed by atoms with van der Waals surface area (Å²) in [6.07, 6.45) is 3.15. The van der Waals surface area contributed by atoms with E-state index >= 15 is 0 Å². The molecule has 2 heterocycles. The second-order valence-corrected chi connectivity index (χ2v) is 7.76. The van der Waals surface area contributed by atoms with Crippen LogP contribution < -0.4 is 11.3 Å². The summed E-state index contributed by atoms with van der Waals surface area (Å²) in [6.45, 7) is 0.793. The third-order valence-electron chi connectivity index (χ3n) is 4.57. The van der Waals surface area contributed by atoms with Crippen LogP contribution in [-0.4, -0.2) is 23.7 Å². The van der Waals surface area contributed by atoms with Crippen molar-refractivity contribution in [3.63, 3.8) is 0 Å². The van der Waals surface area contributed by atoms with Gasteiger partial charge in [-0.15, -0.1) is 0 Å². The maximum atomic E-state index is 6.37. The molecule has 2 fully saturated rings. The van der Waals surface area contributed by atoms with Crippen LogP contribution in [0.3, 0.4) is 0 Å². The van der Waals surface area contributed by atoms with Crippen molar-refractivity contribution in [2.45, 2.75) is 30.9 Å². The first-order valence-electron chi connectivity index (χ1n) is 7.27. The summed E-state index contributed by atoms with van der Waals surface area (Å²) in [5.41, 5.74) is 3.98. The number of benzene rings is 1. The molecule has 6 heteroatoms. The van der Waals surface area contributed by atoms with Crippen molar-refractivity contribution in [3.8, 4) is 0 Å². The summed E-state index contributed by atoms with van der Waals surface area (Å²) in [6, 6.07) is 5.75. The number of ether oxygens (including phenoxy) is 1. The summed E-state index contributed by atoms with van der Waals surface area (Å²) >= 11 is 14.5. The van der Waals surface area contributed by atoms with E-state index < -0.39 is 0 Å². The number of halogens is 2. The van der Waals surface area contributed by atoms with E-state index in [0.29, 0.717) is 16.0 Å². The van der Waals surface area contributed by atoms with Gasteiger partial charge in [0, 0.05) is 12.4 Å². The molecular formula is C15H20Cl2N2OS. The van der Waals surface area contributed by atoms with Gasteiger partial charge in [-0.2, -0.15) is 11.8 Å². The summed E-state index contributed by atoms with van der Waals surface area (Å²) < 4.78 is 6.09. The number of rotatable bonds is 3. The number of thioether (sulfide) groups is 1. The molecule has 3 atom stereocenters. The third kappa shape index (κ3) is 3.21. The molecule has 2 saturated heterocycles. The maximum Gasteiger partial charge on any atom is 0.0783 e. The van der Waals surface area contributed by atoms with Crippen LogP contribution in [0.1, 0.15) is 30.9 Å². The average Bonchev–Trinajstić information content (AvgIpc) is 2.92. The second-order valence-electron chi connectivity index (χ2n) is 5.87. The molecule has 2 aliphatic heterocycles. The molecule has 1 aromatic carbocycles. The van der Waals surface area contributed by atoms with Gasteiger partial charge in [0.1, 0.15) is 0 Å². The van der Waals surface area contributed by atoms with Crippen molar-refractivity contribution < 1.29 is 4.74 Å². The Bertz CT molecular complexity index is 508. The molecule has 2 aliphatic rings. The minimum Gasteiger partial charge on any atom is -0.374 e. The normalized spacial score (nSPS) is 30.7.